The zero-order valence-corrected chi connectivity index (χ0v) is 14.7. The molecule has 23 heavy (non-hydrogen) atoms. The summed E-state index contributed by atoms with van der Waals surface area (Å²) in [6, 6.07) is 0. The van der Waals surface area contributed by atoms with E-state index in [0.717, 1.165) is 0 Å². The number of aliphatic hydroxyl groups is 1. The van der Waals surface area contributed by atoms with Gasteiger partial charge >= 0.3 is 11.9 Å². The van der Waals surface area contributed by atoms with E-state index >= 15 is 0 Å². The van der Waals surface area contributed by atoms with Gasteiger partial charge in [0.1, 0.15) is 0 Å². The summed E-state index contributed by atoms with van der Waals surface area (Å²) < 4.78 is 9.35. The van der Waals surface area contributed by atoms with E-state index in [4.69, 9.17) is 4.74 Å². The second-order valence-electron chi connectivity index (χ2n) is 5.30. The average Bonchev–Trinajstić information content (AvgIpc) is 3.10. The summed E-state index contributed by atoms with van der Waals surface area (Å²) in [5.74, 6) is -1.11. The zero-order chi connectivity index (χ0) is 17.2. The Kier molecular flexibility index (Phi) is 5.12. The van der Waals surface area contributed by atoms with Crippen LogP contribution in [0.2, 0.25) is 0 Å². The molecular formula is C14H16N2O5S2. The number of carbonyl (C=O) groups is 2. The minimum absolute atomic E-state index is 0.157. The third kappa shape index (κ3) is 4.12. The molecule has 2 rings (SSSR count). The highest BCUT2D eigenvalue weighted by Gasteiger charge is 2.26. The van der Waals surface area contributed by atoms with Gasteiger partial charge < -0.3 is 14.6 Å². The van der Waals surface area contributed by atoms with E-state index in [1.807, 2.05) is 0 Å². The van der Waals surface area contributed by atoms with Crippen molar-refractivity contribution in [1.29, 1.82) is 0 Å². The molecule has 2 heterocycles. The van der Waals surface area contributed by atoms with E-state index in [1.165, 1.54) is 36.9 Å². The Hall–Kier alpha value is -1.84. The SMILES string of the molecule is COC(=O)c1csc(-c2nc(C(=O)OC)c(CC(C)(C)O)s2)n1. The molecular weight excluding hydrogens is 340 g/mol. The van der Waals surface area contributed by atoms with Crippen molar-refractivity contribution in [2.45, 2.75) is 25.9 Å². The fourth-order valence-electron chi connectivity index (χ4n) is 1.78. The van der Waals surface area contributed by atoms with E-state index in [0.29, 0.717) is 14.9 Å². The van der Waals surface area contributed by atoms with Crippen molar-refractivity contribution >= 4 is 34.6 Å². The molecule has 124 valence electrons. The summed E-state index contributed by atoms with van der Waals surface area (Å²) in [5.41, 5.74) is -0.650. The standard InChI is InChI=1S/C14H16N2O5S2/c1-14(2,19)5-8-9(13(18)21-4)16-11(23-8)10-15-7(6-22-10)12(17)20-3/h6,19H,5H2,1-4H3. The molecule has 9 heteroatoms. The van der Waals surface area contributed by atoms with Crippen molar-refractivity contribution in [3.8, 4) is 10.0 Å². The third-order valence-corrected chi connectivity index (χ3v) is 4.79. The van der Waals surface area contributed by atoms with Crippen LogP contribution in [0.4, 0.5) is 0 Å². The Morgan fingerprint density at radius 1 is 1.17 bits per heavy atom. The zero-order valence-electron chi connectivity index (χ0n) is 13.1. The summed E-state index contributed by atoms with van der Waals surface area (Å²) in [6.45, 7) is 3.29. The first-order valence-electron chi connectivity index (χ1n) is 6.59. The molecule has 7 nitrogen and oxygen atoms in total. The average molecular weight is 356 g/mol. The van der Waals surface area contributed by atoms with Crippen LogP contribution < -0.4 is 0 Å². The number of rotatable bonds is 5. The van der Waals surface area contributed by atoms with Crippen LogP contribution in [0.5, 0.6) is 0 Å². The Labute approximate surface area is 140 Å². The number of nitrogens with zero attached hydrogens (tertiary/aromatic N) is 2. The van der Waals surface area contributed by atoms with Crippen molar-refractivity contribution in [3.05, 3.63) is 21.6 Å². The van der Waals surface area contributed by atoms with Gasteiger partial charge in [-0.3, -0.25) is 0 Å². The first-order chi connectivity index (χ1) is 10.7. The predicted molar refractivity (Wildman–Crippen MR) is 85.9 cm³/mol. The number of aromatic nitrogens is 2. The van der Waals surface area contributed by atoms with Crippen molar-refractivity contribution in [2.24, 2.45) is 0 Å². The summed E-state index contributed by atoms with van der Waals surface area (Å²) in [4.78, 5) is 32.4. The first kappa shape index (κ1) is 17.5. The number of hydrogen-bond acceptors (Lipinski definition) is 9. The molecule has 0 saturated heterocycles. The number of thiazole rings is 2. The molecule has 2 aromatic heterocycles. The Morgan fingerprint density at radius 3 is 2.39 bits per heavy atom. The monoisotopic (exact) mass is 356 g/mol. The predicted octanol–water partition coefficient (Wildman–Crippen LogP) is 2.15. The van der Waals surface area contributed by atoms with E-state index in [2.05, 4.69) is 14.7 Å². The lowest BCUT2D eigenvalue weighted by atomic mass is 10.0. The second kappa shape index (κ2) is 6.73. The number of esters is 2. The molecule has 0 aliphatic carbocycles. The van der Waals surface area contributed by atoms with Crippen LogP contribution in [0.1, 0.15) is 39.7 Å². The molecule has 0 spiro atoms. The number of hydrogen-bond donors (Lipinski definition) is 1. The minimum atomic E-state index is -0.993. The number of carbonyl (C=O) groups excluding carboxylic acids is 2. The maximum Gasteiger partial charge on any atom is 0.357 e. The molecule has 0 aliphatic heterocycles. The van der Waals surface area contributed by atoms with E-state index in [-0.39, 0.29) is 17.8 Å². The molecule has 0 radical (unpaired) electrons. The van der Waals surface area contributed by atoms with Gasteiger partial charge in [-0.05, 0) is 13.8 Å². The van der Waals surface area contributed by atoms with Crippen molar-refractivity contribution in [2.75, 3.05) is 14.2 Å². The molecule has 0 saturated carbocycles. The van der Waals surface area contributed by atoms with Crippen LogP contribution in [0.25, 0.3) is 10.0 Å². The van der Waals surface area contributed by atoms with E-state index in [9.17, 15) is 14.7 Å². The lowest BCUT2D eigenvalue weighted by molar-refractivity contribution is 0.0581. The lowest BCUT2D eigenvalue weighted by Crippen LogP contribution is -2.22. The van der Waals surface area contributed by atoms with Gasteiger partial charge in [0.25, 0.3) is 0 Å². The number of methoxy groups -OCH3 is 2. The highest BCUT2D eigenvalue weighted by Crippen LogP contribution is 2.33. The molecule has 0 aromatic carbocycles. The van der Waals surface area contributed by atoms with E-state index < -0.39 is 17.5 Å². The summed E-state index contributed by atoms with van der Waals surface area (Å²) in [7, 11) is 2.55. The molecule has 0 amide bonds. The molecule has 2 aromatic rings. The van der Waals surface area contributed by atoms with E-state index in [1.54, 1.807) is 19.2 Å². The third-order valence-electron chi connectivity index (χ3n) is 2.75. The summed E-state index contributed by atoms with van der Waals surface area (Å²) in [6.07, 6.45) is 0.254. The van der Waals surface area contributed by atoms with Crippen LogP contribution in [-0.2, 0) is 15.9 Å². The van der Waals surface area contributed by atoms with Crippen LogP contribution in [-0.4, -0.2) is 46.8 Å². The molecule has 0 aliphatic rings. The van der Waals surface area contributed by atoms with Crippen LogP contribution in [0.15, 0.2) is 5.38 Å². The second-order valence-corrected chi connectivity index (χ2v) is 7.24. The van der Waals surface area contributed by atoms with Crippen molar-refractivity contribution in [3.63, 3.8) is 0 Å². The molecule has 1 N–H and O–H groups in total. The van der Waals surface area contributed by atoms with Crippen molar-refractivity contribution < 1.29 is 24.2 Å². The fraction of sp³-hybridized carbons (Fsp3) is 0.429. The Balaban J connectivity index is 2.41. The lowest BCUT2D eigenvalue weighted by Gasteiger charge is -2.15. The minimum Gasteiger partial charge on any atom is -0.464 e. The van der Waals surface area contributed by atoms with Gasteiger partial charge in [0.2, 0.25) is 0 Å². The highest BCUT2D eigenvalue weighted by atomic mass is 32.1. The fourth-order valence-corrected chi connectivity index (χ4v) is 3.88. The maximum absolute atomic E-state index is 11.9. The van der Waals surface area contributed by atoms with Gasteiger partial charge in [-0.1, -0.05) is 0 Å². The van der Waals surface area contributed by atoms with Crippen LogP contribution >= 0.6 is 22.7 Å². The maximum atomic E-state index is 11.9. The Morgan fingerprint density at radius 2 is 1.83 bits per heavy atom. The highest BCUT2D eigenvalue weighted by molar-refractivity contribution is 7.21. The smallest absolute Gasteiger partial charge is 0.357 e. The molecule has 0 bridgehead atoms. The molecule has 0 fully saturated rings. The topological polar surface area (TPSA) is 98.6 Å². The molecule has 0 unspecified atom stereocenters. The van der Waals surface area contributed by atoms with Crippen LogP contribution in [0, 0.1) is 0 Å². The van der Waals surface area contributed by atoms with Gasteiger partial charge in [0, 0.05) is 16.7 Å². The van der Waals surface area contributed by atoms with Crippen molar-refractivity contribution in [1.82, 2.24) is 9.97 Å². The summed E-state index contributed by atoms with van der Waals surface area (Å²) in [5, 5.41) is 12.5. The van der Waals surface area contributed by atoms with Gasteiger partial charge in [0.05, 0.1) is 19.8 Å². The first-order valence-corrected chi connectivity index (χ1v) is 8.29. The normalized spacial score (nSPS) is 11.3. The quantitative estimate of drug-likeness (QED) is 0.820. The Bertz CT molecular complexity index is 730. The number of ether oxygens (including phenoxy) is 2. The van der Waals surface area contributed by atoms with Gasteiger partial charge in [-0.25, -0.2) is 19.6 Å². The van der Waals surface area contributed by atoms with Gasteiger partial charge in [-0.15, -0.1) is 22.7 Å². The van der Waals surface area contributed by atoms with Gasteiger partial charge in [0.15, 0.2) is 21.4 Å². The largest absolute Gasteiger partial charge is 0.464 e. The summed E-state index contributed by atoms with van der Waals surface area (Å²) >= 11 is 2.47. The molecule has 0 atom stereocenters. The van der Waals surface area contributed by atoms with Crippen LogP contribution in [0.3, 0.4) is 0 Å². The van der Waals surface area contributed by atoms with Gasteiger partial charge in [-0.2, -0.15) is 0 Å².